The first-order valence-electron chi connectivity index (χ1n) is 15.7. The first kappa shape index (κ1) is 30.7. The summed E-state index contributed by atoms with van der Waals surface area (Å²) in [6, 6.07) is 43.0. The van der Waals surface area contributed by atoms with E-state index < -0.39 is 0 Å². The summed E-state index contributed by atoms with van der Waals surface area (Å²) in [4.78, 5) is 0. The zero-order valence-corrected chi connectivity index (χ0v) is 26.3. The Morgan fingerprint density at radius 3 is 1.00 bits per heavy atom. The summed E-state index contributed by atoms with van der Waals surface area (Å²) in [6.45, 7) is 4.51. The van der Waals surface area contributed by atoms with E-state index in [2.05, 4.69) is 146 Å². The highest BCUT2D eigenvalue weighted by atomic mass is 16.5. The molecule has 2 N–H and O–H groups in total. The Labute approximate surface area is 263 Å². The highest BCUT2D eigenvalue weighted by Gasteiger charge is 2.12. The Morgan fingerprint density at radius 1 is 0.432 bits per heavy atom. The van der Waals surface area contributed by atoms with Crippen molar-refractivity contribution in [2.45, 2.75) is 51.4 Å². The van der Waals surface area contributed by atoms with Crippen molar-refractivity contribution >= 4 is 22.7 Å². The molecule has 44 heavy (non-hydrogen) atoms. The van der Waals surface area contributed by atoms with Gasteiger partial charge in [0.25, 0.3) is 0 Å². The first-order valence-corrected chi connectivity index (χ1v) is 15.7. The van der Waals surface area contributed by atoms with Crippen LogP contribution in [0.1, 0.15) is 60.8 Å². The lowest BCUT2D eigenvalue weighted by molar-refractivity contribution is 0.414. The minimum absolute atomic E-state index is 0.489. The largest absolute Gasteiger partial charge is 0.497 e. The Balaban J connectivity index is 1.13. The van der Waals surface area contributed by atoms with Crippen LogP contribution < -0.4 is 20.1 Å². The molecule has 0 bridgehead atoms. The van der Waals surface area contributed by atoms with Crippen LogP contribution in [-0.4, -0.2) is 14.2 Å². The molecule has 0 amide bonds. The molecule has 2 atom stereocenters. The molecule has 4 heteroatoms. The van der Waals surface area contributed by atoms with Gasteiger partial charge in [-0.15, -0.1) is 0 Å². The van der Waals surface area contributed by atoms with Crippen LogP contribution in [0.2, 0.25) is 0 Å². The van der Waals surface area contributed by atoms with Crippen molar-refractivity contribution in [2.24, 2.45) is 0 Å². The SMILES string of the molecule is CCC(Cc1ccc(Nc2ccc(Nc3ccc(CC(CC)c4ccc(OC)cc4)cc3)cc2)cc1)c1ccc(OC)cc1. The molecular weight excluding hydrogens is 540 g/mol. The molecular formula is C40H44N2O2. The topological polar surface area (TPSA) is 42.5 Å². The molecule has 0 aromatic heterocycles. The predicted octanol–water partition coefficient (Wildman–Crippen LogP) is 10.7. The van der Waals surface area contributed by atoms with E-state index in [4.69, 9.17) is 9.47 Å². The van der Waals surface area contributed by atoms with Gasteiger partial charge in [-0.3, -0.25) is 0 Å². The third-order valence-electron chi connectivity index (χ3n) is 8.49. The van der Waals surface area contributed by atoms with E-state index in [0.717, 1.165) is 59.9 Å². The third kappa shape index (κ3) is 8.23. The van der Waals surface area contributed by atoms with E-state index in [1.807, 2.05) is 0 Å². The third-order valence-corrected chi connectivity index (χ3v) is 8.49. The van der Waals surface area contributed by atoms with Gasteiger partial charge in [0, 0.05) is 22.7 Å². The average Bonchev–Trinajstić information content (AvgIpc) is 3.08. The standard InChI is InChI=1S/C40H44N2O2/c1-5-31(33-11-23-39(43-3)24-12-33)27-29-7-15-35(16-8-29)41-37-19-21-38(22-20-37)42-36-17-9-30(10-18-36)28-32(6-2)34-13-25-40(44-4)26-14-34/h7-26,31-32,41-42H,5-6,27-28H2,1-4H3. The summed E-state index contributed by atoms with van der Waals surface area (Å²) in [5.41, 5.74) is 9.69. The van der Waals surface area contributed by atoms with Gasteiger partial charge in [0.2, 0.25) is 0 Å². The van der Waals surface area contributed by atoms with Crippen LogP contribution in [0.3, 0.4) is 0 Å². The van der Waals surface area contributed by atoms with Crippen molar-refractivity contribution in [3.8, 4) is 11.5 Å². The number of methoxy groups -OCH3 is 2. The summed E-state index contributed by atoms with van der Waals surface area (Å²) >= 11 is 0. The van der Waals surface area contributed by atoms with Crippen molar-refractivity contribution in [1.29, 1.82) is 0 Å². The van der Waals surface area contributed by atoms with Gasteiger partial charge in [-0.25, -0.2) is 0 Å². The molecule has 0 saturated heterocycles. The van der Waals surface area contributed by atoms with Crippen molar-refractivity contribution in [3.05, 3.63) is 144 Å². The van der Waals surface area contributed by atoms with Crippen LogP contribution in [0.4, 0.5) is 22.7 Å². The van der Waals surface area contributed by atoms with E-state index in [0.29, 0.717) is 11.8 Å². The fraction of sp³-hybridized carbons (Fsp3) is 0.250. The number of benzene rings is 5. The number of nitrogens with one attached hydrogen (secondary N) is 2. The molecule has 2 unspecified atom stereocenters. The highest BCUT2D eigenvalue weighted by molar-refractivity contribution is 5.66. The van der Waals surface area contributed by atoms with Crippen LogP contribution in [0.5, 0.6) is 11.5 Å². The van der Waals surface area contributed by atoms with Gasteiger partial charge in [0.15, 0.2) is 0 Å². The van der Waals surface area contributed by atoms with Crippen molar-refractivity contribution < 1.29 is 9.47 Å². The summed E-state index contributed by atoms with van der Waals surface area (Å²) in [7, 11) is 3.42. The maximum atomic E-state index is 5.32. The minimum Gasteiger partial charge on any atom is -0.497 e. The number of hydrogen-bond acceptors (Lipinski definition) is 4. The fourth-order valence-electron chi connectivity index (χ4n) is 5.74. The molecule has 0 spiro atoms. The van der Waals surface area contributed by atoms with Gasteiger partial charge < -0.3 is 20.1 Å². The molecule has 0 aliphatic rings. The second-order valence-electron chi connectivity index (χ2n) is 11.4. The lowest BCUT2D eigenvalue weighted by atomic mass is 9.90. The molecule has 5 aromatic carbocycles. The summed E-state index contributed by atoms with van der Waals surface area (Å²) in [6.07, 6.45) is 4.24. The molecule has 0 fully saturated rings. The number of hydrogen-bond donors (Lipinski definition) is 2. The average molecular weight is 585 g/mol. The van der Waals surface area contributed by atoms with E-state index in [1.54, 1.807) is 14.2 Å². The molecule has 0 aliphatic heterocycles. The number of anilines is 4. The monoisotopic (exact) mass is 584 g/mol. The molecule has 226 valence electrons. The normalized spacial score (nSPS) is 12.3. The molecule has 5 aromatic rings. The second kappa shape index (κ2) is 15.2. The van der Waals surface area contributed by atoms with E-state index in [9.17, 15) is 0 Å². The van der Waals surface area contributed by atoms with Crippen molar-refractivity contribution in [1.82, 2.24) is 0 Å². The Kier molecular flexibility index (Phi) is 10.6. The van der Waals surface area contributed by atoms with Crippen LogP contribution >= 0.6 is 0 Å². The summed E-state index contributed by atoms with van der Waals surface area (Å²) in [5, 5.41) is 7.07. The van der Waals surface area contributed by atoms with Gasteiger partial charge in [-0.05, 0) is 133 Å². The lowest BCUT2D eigenvalue weighted by Gasteiger charge is -2.17. The quantitative estimate of drug-likeness (QED) is 0.136. The Morgan fingerprint density at radius 2 is 0.727 bits per heavy atom. The number of ether oxygens (including phenoxy) is 2. The molecule has 5 rings (SSSR count). The predicted molar refractivity (Wildman–Crippen MR) is 185 cm³/mol. The van der Waals surface area contributed by atoms with Gasteiger partial charge in [0.05, 0.1) is 14.2 Å². The smallest absolute Gasteiger partial charge is 0.118 e. The zero-order valence-electron chi connectivity index (χ0n) is 26.3. The zero-order chi connectivity index (χ0) is 30.7. The molecule has 0 saturated carbocycles. The lowest BCUT2D eigenvalue weighted by Crippen LogP contribution is -2.02. The second-order valence-corrected chi connectivity index (χ2v) is 11.4. The Hall–Kier alpha value is -4.70. The molecule has 4 nitrogen and oxygen atoms in total. The molecule has 0 heterocycles. The molecule has 0 radical (unpaired) electrons. The van der Waals surface area contributed by atoms with Crippen LogP contribution in [0.25, 0.3) is 0 Å². The van der Waals surface area contributed by atoms with Gasteiger partial charge in [-0.1, -0.05) is 62.4 Å². The molecule has 0 aliphatic carbocycles. The summed E-state index contributed by atoms with van der Waals surface area (Å²) in [5.74, 6) is 2.78. The van der Waals surface area contributed by atoms with Gasteiger partial charge in [-0.2, -0.15) is 0 Å². The maximum absolute atomic E-state index is 5.32. The van der Waals surface area contributed by atoms with Crippen molar-refractivity contribution in [2.75, 3.05) is 24.9 Å². The maximum Gasteiger partial charge on any atom is 0.118 e. The van der Waals surface area contributed by atoms with E-state index in [1.165, 1.54) is 22.3 Å². The van der Waals surface area contributed by atoms with Crippen LogP contribution in [-0.2, 0) is 12.8 Å². The summed E-state index contributed by atoms with van der Waals surface area (Å²) < 4.78 is 10.6. The number of rotatable bonds is 14. The van der Waals surface area contributed by atoms with Crippen LogP contribution in [0, 0.1) is 0 Å². The van der Waals surface area contributed by atoms with Crippen molar-refractivity contribution in [3.63, 3.8) is 0 Å². The Bertz CT molecular complexity index is 1440. The minimum atomic E-state index is 0.489. The highest BCUT2D eigenvalue weighted by Crippen LogP contribution is 2.29. The van der Waals surface area contributed by atoms with Gasteiger partial charge in [0.1, 0.15) is 11.5 Å². The fourth-order valence-corrected chi connectivity index (χ4v) is 5.74. The first-order chi connectivity index (χ1) is 21.6. The van der Waals surface area contributed by atoms with Gasteiger partial charge >= 0.3 is 0 Å². The van der Waals surface area contributed by atoms with E-state index >= 15 is 0 Å². The van der Waals surface area contributed by atoms with Crippen LogP contribution in [0.15, 0.2) is 121 Å². The van der Waals surface area contributed by atoms with E-state index in [-0.39, 0.29) is 0 Å².